The maximum Gasteiger partial charge on any atom is 0.274 e. The summed E-state index contributed by atoms with van der Waals surface area (Å²) in [6.07, 6.45) is 0. The van der Waals surface area contributed by atoms with Crippen molar-refractivity contribution in [2.75, 3.05) is 14.2 Å². The van der Waals surface area contributed by atoms with Crippen LogP contribution in [-0.4, -0.2) is 40.3 Å². The molecule has 2 aromatic heterocycles. The molecule has 0 saturated heterocycles. The van der Waals surface area contributed by atoms with Crippen molar-refractivity contribution in [1.29, 1.82) is 0 Å². The van der Waals surface area contributed by atoms with Crippen LogP contribution in [0.1, 0.15) is 36.8 Å². The van der Waals surface area contributed by atoms with Gasteiger partial charge >= 0.3 is 0 Å². The van der Waals surface area contributed by atoms with E-state index in [1.165, 1.54) is 6.07 Å². The summed E-state index contributed by atoms with van der Waals surface area (Å²) in [4.78, 5) is 15.2. The molecule has 1 amide bonds. The third-order valence-corrected chi connectivity index (χ3v) is 7.01. The van der Waals surface area contributed by atoms with Gasteiger partial charge in [-0.2, -0.15) is 16.4 Å². The number of nitrogens with zero attached hydrogens (tertiary/aromatic N) is 3. The van der Waals surface area contributed by atoms with Gasteiger partial charge in [0.1, 0.15) is 23.9 Å². The standard InChI is InChI=1S/C27H26FN3O3S/c1-27(2,3)30(4)26(32)24-20-14-34-23-13-22(33-5)18(17-8-6-7-9-21(17)28)12-19(23)25(20)31(29-24)16-10-11-35-15-16/h6-13,15H,14H2,1-5H3. The second-order valence-electron chi connectivity index (χ2n) is 9.42. The number of fused-ring (bicyclic) bond motifs is 3. The first-order valence-electron chi connectivity index (χ1n) is 11.2. The molecule has 0 spiro atoms. The molecular weight excluding hydrogens is 465 g/mol. The van der Waals surface area contributed by atoms with Crippen molar-refractivity contribution in [3.63, 3.8) is 0 Å². The Morgan fingerprint density at radius 1 is 1.17 bits per heavy atom. The largest absolute Gasteiger partial charge is 0.496 e. The van der Waals surface area contributed by atoms with Gasteiger partial charge in [0.25, 0.3) is 5.91 Å². The molecule has 0 atom stereocenters. The van der Waals surface area contributed by atoms with E-state index in [2.05, 4.69) is 0 Å². The normalized spacial score (nSPS) is 12.5. The maximum absolute atomic E-state index is 14.8. The van der Waals surface area contributed by atoms with Gasteiger partial charge < -0.3 is 14.4 Å². The van der Waals surface area contributed by atoms with E-state index in [1.807, 2.05) is 43.7 Å². The lowest BCUT2D eigenvalue weighted by Crippen LogP contribution is -2.43. The summed E-state index contributed by atoms with van der Waals surface area (Å²) in [7, 11) is 3.33. The van der Waals surface area contributed by atoms with Gasteiger partial charge in [-0.15, -0.1) is 0 Å². The van der Waals surface area contributed by atoms with Crippen LogP contribution < -0.4 is 9.47 Å². The predicted molar refractivity (Wildman–Crippen MR) is 135 cm³/mol. The fraction of sp³-hybridized carbons (Fsp3) is 0.259. The molecule has 3 heterocycles. The smallest absolute Gasteiger partial charge is 0.274 e. The van der Waals surface area contributed by atoms with Crippen LogP contribution >= 0.6 is 11.3 Å². The van der Waals surface area contributed by atoms with Crippen LogP contribution in [0.15, 0.2) is 53.2 Å². The van der Waals surface area contributed by atoms with Crippen LogP contribution in [-0.2, 0) is 6.61 Å². The number of amides is 1. The minimum Gasteiger partial charge on any atom is -0.496 e. The van der Waals surface area contributed by atoms with Gasteiger partial charge in [0, 0.05) is 46.3 Å². The highest BCUT2D eigenvalue weighted by Crippen LogP contribution is 2.46. The van der Waals surface area contributed by atoms with E-state index in [0.717, 1.165) is 16.9 Å². The van der Waals surface area contributed by atoms with Gasteiger partial charge in [0.05, 0.1) is 18.5 Å². The molecule has 0 radical (unpaired) electrons. The van der Waals surface area contributed by atoms with E-state index in [0.29, 0.717) is 33.9 Å². The lowest BCUT2D eigenvalue weighted by molar-refractivity contribution is 0.0646. The Morgan fingerprint density at radius 3 is 2.60 bits per heavy atom. The van der Waals surface area contributed by atoms with E-state index < -0.39 is 0 Å². The van der Waals surface area contributed by atoms with Crippen molar-refractivity contribution in [3.8, 4) is 39.6 Å². The predicted octanol–water partition coefficient (Wildman–Crippen LogP) is 6.18. The first-order valence-corrected chi connectivity index (χ1v) is 12.2. The number of thiophene rings is 1. The molecule has 35 heavy (non-hydrogen) atoms. The van der Waals surface area contributed by atoms with Crippen LogP contribution in [0.3, 0.4) is 0 Å². The van der Waals surface area contributed by atoms with Crippen molar-refractivity contribution in [2.45, 2.75) is 32.9 Å². The number of hydrogen-bond acceptors (Lipinski definition) is 5. The second kappa shape index (κ2) is 8.53. The SMILES string of the molecule is COc1cc2c(cc1-c1ccccc1F)-c1c(c(C(=O)N(C)C(C)(C)C)nn1-c1ccsc1)CO2. The highest BCUT2D eigenvalue weighted by molar-refractivity contribution is 7.08. The van der Waals surface area contributed by atoms with Gasteiger partial charge in [-0.3, -0.25) is 4.79 Å². The minimum atomic E-state index is -0.380. The number of aromatic nitrogens is 2. The zero-order chi connectivity index (χ0) is 24.9. The zero-order valence-corrected chi connectivity index (χ0v) is 21.1. The first-order chi connectivity index (χ1) is 16.7. The van der Waals surface area contributed by atoms with Gasteiger partial charge in [-0.25, -0.2) is 9.07 Å². The molecule has 0 fully saturated rings. The van der Waals surface area contributed by atoms with Gasteiger partial charge in [0.15, 0.2) is 5.69 Å². The minimum absolute atomic E-state index is 0.183. The summed E-state index contributed by atoms with van der Waals surface area (Å²) in [6.45, 7) is 6.12. The van der Waals surface area contributed by atoms with Crippen LogP contribution in [0.5, 0.6) is 11.5 Å². The van der Waals surface area contributed by atoms with Crippen molar-refractivity contribution in [2.24, 2.45) is 0 Å². The summed E-state index contributed by atoms with van der Waals surface area (Å²) in [5, 5.41) is 8.72. The molecule has 0 unspecified atom stereocenters. The Balaban J connectivity index is 1.77. The Labute approximate surface area is 207 Å². The number of carbonyl (C=O) groups excluding carboxylic acids is 1. The van der Waals surface area contributed by atoms with Crippen molar-refractivity contribution in [1.82, 2.24) is 14.7 Å². The lowest BCUT2D eigenvalue weighted by Gasteiger charge is -2.31. The van der Waals surface area contributed by atoms with E-state index in [-0.39, 0.29) is 23.9 Å². The Morgan fingerprint density at radius 2 is 1.94 bits per heavy atom. The molecule has 1 aliphatic heterocycles. The van der Waals surface area contributed by atoms with Crippen LogP contribution in [0.4, 0.5) is 4.39 Å². The topological polar surface area (TPSA) is 56.6 Å². The van der Waals surface area contributed by atoms with Gasteiger partial charge in [-0.05, 0) is 44.4 Å². The molecule has 6 nitrogen and oxygen atoms in total. The number of ether oxygens (including phenoxy) is 2. The van der Waals surface area contributed by atoms with Crippen LogP contribution in [0.25, 0.3) is 28.1 Å². The Kier molecular flexibility index (Phi) is 5.63. The monoisotopic (exact) mass is 491 g/mol. The van der Waals surface area contributed by atoms with Gasteiger partial charge in [-0.1, -0.05) is 18.2 Å². The Hall–Kier alpha value is -3.65. The molecule has 0 N–H and O–H groups in total. The van der Waals surface area contributed by atoms with Crippen LogP contribution in [0.2, 0.25) is 0 Å². The number of halogens is 1. The van der Waals surface area contributed by atoms with E-state index in [4.69, 9.17) is 14.6 Å². The van der Waals surface area contributed by atoms with Crippen molar-refractivity contribution >= 4 is 17.2 Å². The molecule has 2 aromatic carbocycles. The molecule has 0 aliphatic carbocycles. The zero-order valence-electron chi connectivity index (χ0n) is 20.3. The van der Waals surface area contributed by atoms with Crippen molar-refractivity contribution in [3.05, 3.63) is 70.3 Å². The highest BCUT2D eigenvalue weighted by atomic mass is 32.1. The number of hydrogen-bond donors (Lipinski definition) is 0. The quantitative estimate of drug-likeness (QED) is 0.342. The number of carbonyl (C=O) groups is 1. The third-order valence-electron chi connectivity index (χ3n) is 6.34. The molecular formula is C27H26FN3O3S. The molecule has 5 rings (SSSR count). The average molecular weight is 492 g/mol. The summed E-state index contributed by atoms with van der Waals surface area (Å²) >= 11 is 1.55. The van der Waals surface area contributed by atoms with Gasteiger partial charge in [0.2, 0.25) is 0 Å². The van der Waals surface area contributed by atoms with Crippen LogP contribution in [0, 0.1) is 5.82 Å². The first kappa shape index (κ1) is 23.1. The summed E-state index contributed by atoms with van der Waals surface area (Å²) in [6, 6.07) is 12.2. The molecule has 0 saturated carbocycles. The lowest BCUT2D eigenvalue weighted by atomic mass is 9.95. The fourth-order valence-electron chi connectivity index (χ4n) is 4.14. The Bertz CT molecular complexity index is 1420. The van der Waals surface area contributed by atoms with E-state index >= 15 is 0 Å². The summed E-state index contributed by atoms with van der Waals surface area (Å²) < 4.78 is 28.3. The molecule has 1 aliphatic rings. The third kappa shape index (κ3) is 3.87. The molecule has 8 heteroatoms. The van der Waals surface area contributed by atoms with E-state index in [9.17, 15) is 9.18 Å². The number of rotatable bonds is 4. The number of benzene rings is 2. The molecule has 180 valence electrons. The second-order valence-corrected chi connectivity index (χ2v) is 10.2. The fourth-order valence-corrected chi connectivity index (χ4v) is 4.75. The summed E-state index contributed by atoms with van der Waals surface area (Å²) in [5.41, 5.74) is 4.02. The number of methoxy groups -OCH3 is 1. The molecule has 0 bridgehead atoms. The molecule has 4 aromatic rings. The van der Waals surface area contributed by atoms with Crippen molar-refractivity contribution < 1.29 is 18.7 Å². The average Bonchev–Trinajstić information content (AvgIpc) is 3.50. The highest BCUT2D eigenvalue weighted by Gasteiger charge is 2.34. The maximum atomic E-state index is 14.8. The summed E-state index contributed by atoms with van der Waals surface area (Å²) in [5.74, 6) is 0.561. The van der Waals surface area contributed by atoms with E-state index in [1.54, 1.807) is 59.3 Å².